The number of β-amino-alcohol motifs (C(OH)–C–C–N with tert-alkyl or cyclic N) is 1. The van der Waals surface area contributed by atoms with E-state index in [2.05, 4.69) is 0 Å². The molecule has 3 rings (SSSR count). The molecule has 2 saturated heterocycles. The van der Waals surface area contributed by atoms with Crippen LogP contribution in [0.15, 0.2) is 18.2 Å². The van der Waals surface area contributed by atoms with E-state index >= 15 is 0 Å². The van der Waals surface area contributed by atoms with Gasteiger partial charge in [0, 0.05) is 25.7 Å². The van der Waals surface area contributed by atoms with Gasteiger partial charge in [-0.25, -0.2) is 12.8 Å². The highest BCUT2D eigenvalue weighted by Crippen LogP contribution is 2.29. The molecule has 0 aliphatic carbocycles. The summed E-state index contributed by atoms with van der Waals surface area (Å²) in [6.45, 7) is 1.11. The van der Waals surface area contributed by atoms with Crippen molar-refractivity contribution in [3.05, 3.63) is 34.6 Å². The van der Waals surface area contributed by atoms with E-state index in [1.807, 2.05) is 4.90 Å². The van der Waals surface area contributed by atoms with Crippen LogP contribution in [0.25, 0.3) is 0 Å². The lowest BCUT2D eigenvalue weighted by Gasteiger charge is -2.43. The fourth-order valence-electron chi connectivity index (χ4n) is 3.50. The topological polar surface area (TPSA) is 77.9 Å². The number of aliphatic hydroxyl groups is 1. The average Bonchev–Trinajstić information content (AvgIpc) is 2.82. The molecule has 0 saturated carbocycles. The van der Waals surface area contributed by atoms with E-state index in [1.54, 1.807) is 0 Å². The molecule has 2 heterocycles. The van der Waals surface area contributed by atoms with Gasteiger partial charge in [-0.2, -0.15) is 0 Å². The summed E-state index contributed by atoms with van der Waals surface area (Å²) < 4.78 is 37.3. The Morgan fingerprint density at radius 1 is 1.29 bits per heavy atom. The van der Waals surface area contributed by atoms with Crippen molar-refractivity contribution in [3.8, 4) is 0 Å². The predicted molar refractivity (Wildman–Crippen MR) is 87.3 cm³/mol. The molecule has 2 fully saturated rings. The molecule has 24 heavy (non-hydrogen) atoms. The third-order valence-electron chi connectivity index (χ3n) is 4.60. The lowest BCUT2D eigenvalue weighted by atomic mass is 10.0. The van der Waals surface area contributed by atoms with Crippen molar-refractivity contribution in [2.24, 2.45) is 0 Å². The number of aliphatic hydroxyl groups excluding tert-OH is 1. The minimum atomic E-state index is -3.26. The lowest BCUT2D eigenvalue weighted by molar-refractivity contribution is 0.0281. The summed E-state index contributed by atoms with van der Waals surface area (Å²) in [5.74, 6) is -1.07. The molecule has 1 N–H and O–H groups in total. The number of nitrogens with zero attached hydrogens (tertiary/aromatic N) is 2. The number of rotatable bonds is 3. The second-order valence-electron chi connectivity index (χ2n) is 6.09. The van der Waals surface area contributed by atoms with Gasteiger partial charge < -0.3 is 10.0 Å². The molecule has 1 amide bonds. The third-order valence-corrected chi connectivity index (χ3v) is 6.61. The van der Waals surface area contributed by atoms with E-state index in [0.717, 1.165) is 12.1 Å². The Labute approximate surface area is 144 Å². The number of sulfone groups is 1. The summed E-state index contributed by atoms with van der Waals surface area (Å²) in [7, 11) is -3.26. The van der Waals surface area contributed by atoms with Crippen molar-refractivity contribution in [2.75, 3.05) is 37.7 Å². The number of carbonyl (C=O) groups is 1. The van der Waals surface area contributed by atoms with E-state index < -0.39 is 27.6 Å². The molecular formula is C15H18ClFN2O4S. The van der Waals surface area contributed by atoms with Crippen molar-refractivity contribution in [1.29, 1.82) is 0 Å². The van der Waals surface area contributed by atoms with Crippen LogP contribution in [0.3, 0.4) is 0 Å². The van der Waals surface area contributed by atoms with E-state index in [-0.39, 0.29) is 34.7 Å². The number of amides is 1. The minimum absolute atomic E-state index is 0.00944. The maximum absolute atomic E-state index is 13.2. The summed E-state index contributed by atoms with van der Waals surface area (Å²) in [6.07, 6.45) is 0. The third kappa shape index (κ3) is 3.28. The Hall–Kier alpha value is -1.22. The Morgan fingerprint density at radius 3 is 2.67 bits per heavy atom. The van der Waals surface area contributed by atoms with Crippen LogP contribution in [-0.2, 0) is 9.84 Å². The van der Waals surface area contributed by atoms with Gasteiger partial charge in [-0.1, -0.05) is 11.6 Å². The van der Waals surface area contributed by atoms with Crippen molar-refractivity contribution < 1.29 is 22.7 Å². The number of hydrogen-bond acceptors (Lipinski definition) is 5. The fraction of sp³-hybridized carbons (Fsp3) is 0.533. The van der Waals surface area contributed by atoms with Gasteiger partial charge in [0.15, 0.2) is 9.84 Å². The molecule has 9 heteroatoms. The van der Waals surface area contributed by atoms with Crippen LogP contribution in [0, 0.1) is 5.82 Å². The maximum Gasteiger partial charge on any atom is 0.255 e. The fourth-order valence-corrected chi connectivity index (χ4v) is 5.76. The van der Waals surface area contributed by atoms with Crippen LogP contribution in [-0.4, -0.2) is 79.1 Å². The first-order valence-corrected chi connectivity index (χ1v) is 9.83. The largest absolute Gasteiger partial charge is 0.395 e. The molecule has 0 radical (unpaired) electrons. The monoisotopic (exact) mass is 376 g/mol. The van der Waals surface area contributed by atoms with Gasteiger partial charge >= 0.3 is 0 Å². The lowest BCUT2D eigenvalue weighted by Crippen LogP contribution is -2.61. The Morgan fingerprint density at radius 2 is 2.00 bits per heavy atom. The number of hydrogen-bond donors (Lipinski definition) is 1. The van der Waals surface area contributed by atoms with Crippen molar-refractivity contribution in [2.45, 2.75) is 12.1 Å². The first kappa shape index (κ1) is 17.6. The van der Waals surface area contributed by atoms with Crippen LogP contribution >= 0.6 is 11.6 Å². The molecule has 2 aliphatic rings. The zero-order chi connectivity index (χ0) is 17.5. The van der Waals surface area contributed by atoms with Crippen LogP contribution in [0.5, 0.6) is 0 Å². The van der Waals surface area contributed by atoms with Crippen LogP contribution < -0.4 is 0 Å². The molecular weight excluding hydrogens is 359 g/mol. The molecule has 0 spiro atoms. The van der Waals surface area contributed by atoms with Gasteiger partial charge in [-0.05, 0) is 18.2 Å². The molecule has 1 aromatic rings. The highest BCUT2D eigenvalue weighted by atomic mass is 35.5. The predicted octanol–water partition coefficient (Wildman–Crippen LogP) is 0.395. The number of fused-ring (bicyclic) bond motifs is 1. The normalized spacial score (nSPS) is 26.4. The minimum Gasteiger partial charge on any atom is -0.395 e. The Bertz CT molecular complexity index is 758. The molecule has 1 aromatic carbocycles. The van der Waals surface area contributed by atoms with Gasteiger partial charge in [-0.3, -0.25) is 9.69 Å². The number of piperazine rings is 1. The molecule has 6 nitrogen and oxygen atoms in total. The van der Waals surface area contributed by atoms with Gasteiger partial charge in [-0.15, -0.1) is 0 Å². The number of benzene rings is 1. The van der Waals surface area contributed by atoms with Crippen molar-refractivity contribution in [3.63, 3.8) is 0 Å². The molecule has 0 unspecified atom stereocenters. The van der Waals surface area contributed by atoms with Gasteiger partial charge in [0.2, 0.25) is 0 Å². The smallest absolute Gasteiger partial charge is 0.255 e. The van der Waals surface area contributed by atoms with Crippen LogP contribution in [0.4, 0.5) is 4.39 Å². The van der Waals surface area contributed by atoms with E-state index in [1.165, 1.54) is 11.0 Å². The second-order valence-corrected chi connectivity index (χ2v) is 8.65. The SMILES string of the molecule is O=C(c1ccc(F)cc1Cl)N1CCN(CCO)[C@@H]2CS(=O)(=O)C[C@@H]21. The summed E-state index contributed by atoms with van der Waals surface area (Å²) in [5.41, 5.74) is 0.164. The van der Waals surface area contributed by atoms with Crippen molar-refractivity contribution >= 4 is 27.3 Å². The average molecular weight is 377 g/mol. The first-order valence-electron chi connectivity index (χ1n) is 7.64. The summed E-state index contributed by atoms with van der Waals surface area (Å²) >= 11 is 5.97. The standard InChI is InChI=1S/C15H18ClFN2O4S/c16-12-7-10(17)1-2-11(12)15(21)19-4-3-18(5-6-20)13-8-24(22,23)9-14(13)19/h1-2,7,13-14,20H,3-6,8-9H2/t13-,14+/m1/s1. The maximum atomic E-state index is 13.2. The van der Waals surface area contributed by atoms with Crippen molar-refractivity contribution in [1.82, 2.24) is 9.80 Å². The zero-order valence-corrected chi connectivity index (χ0v) is 14.4. The van der Waals surface area contributed by atoms with Gasteiger partial charge in [0.1, 0.15) is 5.82 Å². The first-order chi connectivity index (χ1) is 11.3. The summed E-state index contributed by atoms with van der Waals surface area (Å²) in [4.78, 5) is 16.2. The second kappa shape index (κ2) is 6.59. The number of halogens is 2. The quantitative estimate of drug-likeness (QED) is 0.826. The molecule has 132 valence electrons. The Kier molecular flexibility index (Phi) is 4.83. The van der Waals surface area contributed by atoms with Crippen LogP contribution in [0.2, 0.25) is 5.02 Å². The van der Waals surface area contributed by atoms with E-state index in [9.17, 15) is 17.6 Å². The van der Waals surface area contributed by atoms with E-state index in [4.69, 9.17) is 16.7 Å². The summed E-state index contributed by atoms with van der Waals surface area (Å²) in [5, 5.41) is 9.17. The van der Waals surface area contributed by atoms with Gasteiger partial charge in [0.05, 0.1) is 34.7 Å². The highest BCUT2D eigenvalue weighted by Gasteiger charge is 2.48. The Balaban J connectivity index is 1.89. The van der Waals surface area contributed by atoms with Gasteiger partial charge in [0.25, 0.3) is 5.91 Å². The molecule has 2 aliphatic heterocycles. The molecule has 0 aromatic heterocycles. The molecule has 0 bridgehead atoms. The summed E-state index contributed by atoms with van der Waals surface area (Å²) in [6, 6.07) is 2.73. The van der Waals surface area contributed by atoms with E-state index in [0.29, 0.717) is 19.6 Å². The number of carbonyl (C=O) groups excluding carboxylic acids is 1. The highest BCUT2D eigenvalue weighted by molar-refractivity contribution is 7.91. The van der Waals surface area contributed by atoms with Crippen LogP contribution in [0.1, 0.15) is 10.4 Å². The molecule has 2 atom stereocenters. The zero-order valence-electron chi connectivity index (χ0n) is 12.9.